The second kappa shape index (κ2) is 5.55. The second-order valence-electron chi connectivity index (χ2n) is 5.25. The summed E-state index contributed by atoms with van der Waals surface area (Å²) >= 11 is 0. The lowest BCUT2D eigenvalue weighted by Crippen LogP contribution is -2.34. The van der Waals surface area contributed by atoms with E-state index in [2.05, 4.69) is 10.1 Å². The minimum Gasteiger partial charge on any atom is -0.396 e. The summed E-state index contributed by atoms with van der Waals surface area (Å²) in [7, 11) is 0. The number of hydrogen-bond acceptors (Lipinski definition) is 4. The van der Waals surface area contributed by atoms with Crippen molar-refractivity contribution in [3.8, 4) is 0 Å². The number of nitrogens with two attached hydrogens (primary N) is 1. The number of aromatic nitrogens is 3. The van der Waals surface area contributed by atoms with E-state index in [0.29, 0.717) is 30.5 Å². The van der Waals surface area contributed by atoms with E-state index in [-0.39, 0.29) is 5.91 Å². The predicted octanol–water partition coefficient (Wildman–Crippen LogP) is 1.68. The summed E-state index contributed by atoms with van der Waals surface area (Å²) in [6.45, 7) is 3.09. The molecule has 0 radical (unpaired) electrons. The van der Waals surface area contributed by atoms with Crippen LogP contribution in [-0.4, -0.2) is 31.6 Å². The van der Waals surface area contributed by atoms with Gasteiger partial charge in [-0.25, -0.2) is 0 Å². The van der Waals surface area contributed by atoms with Crippen LogP contribution in [0, 0.1) is 0 Å². The minimum atomic E-state index is -0.0556. The topological polar surface area (TPSA) is 77.0 Å². The van der Waals surface area contributed by atoms with Gasteiger partial charge in [-0.1, -0.05) is 6.07 Å². The Morgan fingerprint density at radius 1 is 1.48 bits per heavy atom. The molecule has 2 aromatic rings. The highest BCUT2D eigenvalue weighted by atomic mass is 16.2. The molecule has 1 amide bonds. The SMILES string of the molecule is CCn1ncc(N)c1C(=O)N(Cc1ccccn1)C1CC1. The minimum absolute atomic E-state index is 0.0556. The van der Waals surface area contributed by atoms with Gasteiger partial charge in [-0.2, -0.15) is 5.10 Å². The molecular weight excluding hydrogens is 266 g/mol. The van der Waals surface area contributed by atoms with Crippen molar-refractivity contribution in [2.75, 3.05) is 5.73 Å². The Bertz CT molecular complexity index is 633. The Morgan fingerprint density at radius 2 is 2.29 bits per heavy atom. The fourth-order valence-electron chi connectivity index (χ4n) is 2.43. The lowest BCUT2D eigenvalue weighted by atomic mass is 10.2. The van der Waals surface area contributed by atoms with E-state index >= 15 is 0 Å². The number of amides is 1. The molecule has 0 aromatic carbocycles. The molecule has 1 fully saturated rings. The van der Waals surface area contributed by atoms with Crippen molar-refractivity contribution < 1.29 is 4.79 Å². The highest BCUT2D eigenvalue weighted by molar-refractivity contribution is 5.97. The monoisotopic (exact) mass is 285 g/mol. The van der Waals surface area contributed by atoms with Gasteiger partial charge in [0.1, 0.15) is 5.69 Å². The molecule has 0 aliphatic heterocycles. The van der Waals surface area contributed by atoms with Crippen LogP contribution < -0.4 is 5.73 Å². The van der Waals surface area contributed by atoms with Gasteiger partial charge in [0.05, 0.1) is 24.1 Å². The van der Waals surface area contributed by atoms with E-state index in [1.165, 1.54) is 0 Å². The lowest BCUT2D eigenvalue weighted by Gasteiger charge is -2.22. The standard InChI is InChI=1S/C15H19N5O/c1-2-20-14(13(16)9-18-20)15(21)19(12-6-7-12)10-11-5-3-4-8-17-11/h3-5,8-9,12H,2,6-7,10,16H2,1H3. The van der Waals surface area contributed by atoms with E-state index in [9.17, 15) is 4.79 Å². The number of carbonyl (C=O) groups excluding carboxylic acids is 1. The van der Waals surface area contributed by atoms with Crippen LogP contribution in [0.15, 0.2) is 30.6 Å². The maximum atomic E-state index is 12.8. The van der Waals surface area contributed by atoms with Crippen molar-refractivity contribution in [1.82, 2.24) is 19.7 Å². The molecule has 1 aliphatic rings. The molecule has 2 heterocycles. The van der Waals surface area contributed by atoms with Crippen LogP contribution in [0.4, 0.5) is 5.69 Å². The van der Waals surface area contributed by atoms with Crippen molar-refractivity contribution in [3.05, 3.63) is 42.0 Å². The number of aryl methyl sites for hydroxylation is 1. The van der Waals surface area contributed by atoms with Gasteiger partial charge in [-0.05, 0) is 31.9 Å². The summed E-state index contributed by atoms with van der Waals surface area (Å²) in [6.07, 6.45) is 5.37. The van der Waals surface area contributed by atoms with Gasteiger partial charge in [0.15, 0.2) is 0 Å². The van der Waals surface area contributed by atoms with Gasteiger partial charge in [0.2, 0.25) is 0 Å². The zero-order valence-corrected chi connectivity index (χ0v) is 12.1. The van der Waals surface area contributed by atoms with E-state index in [1.54, 1.807) is 17.1 Å². The van der Waals surface area contributed by atoms with E-state index in [1.807, 2.05) is 30.0 Å². The Kier molecular flexibility index (Phi) is 3.60. The number of nitrogen functional groups attached to an aromatic ring is 1. The summed E-state index contributed by atoms with van der Waals surface area (Å²) in [5, 5.41) is 4.15. The maximum absolute atomic E-state index is 12.8. The molecule has 0 unspecified atom stereocenters. The van der Waals surface area contributed by atoms with E-state index in [4.69, 9.17) is 5.73 Å². The highest BCUT2D eigenvalue weighted by Crippen LogP contribution is 2.30. The fraction of sp³-hybridized carbons (Fsp3) is 0.400. The number of nitrogens with zero attached hydrogens (tertiary/aromatic N) is 4. The second-order valence-corrected chi connectivity index (χ2v) is 5.25. The van der Waals surface area contributed by atoms with Crippen molar-refractivity contribution in [2.24, 2.45) is 0 Å². The smallest absolute Gasteiger partial charge is 0.274 e. The van der Waals surface area contributed by atoms with Crippen LogP contribution in [0.5, 0.6) is 0 Å². The molecule has 3 rings (SSSR count). The molecule has 2 N–H and O–H groups in total. The van der Waals surface area contributed by atoms with Crippen molar-refractivity contribution in [1.29, 1.82) is 0 Å². The first-order chi connectivity index (χ1) is 10.2. The number of pyridine rings is 1. The highest BCUT2D eigenvalue weighted by Gasteiger charge is 2.35. The Labute approximate surface area is 123 Å². The first kappa shape index (κ1) is 13.6. The summed E-state index contributed by atoms with van der Waals surface area (Å²) in [6, 6.07) is 6.03. The molecule has 6 nitrogen and oxygen atoms in total. The molecule has 2 aromatic heterocycles. The molecule has 6 heteroatoms. The molecule has 0 saturated heterocycles. The zero-order valence-electron chi connectivity index (χ0n) is 12.1. The largest absolute Gasteiger partial charge is 0.396 e. The van der Waals surface area contributed by atoms with Crippen LogP contribution in [0.1, 0.15) is 35.9 Å². The Morgan fingerprint density at radius 3 is 2.90 bits per heavy atom. The predicted molar refractivity (Wildman–Crippen MR) is 79.4 cm³/mol. The van der Waals surface area contributed by atoms with Crippen LogP contribution in [0.25, 0.3) is 0 Å². The summed E-state index contributed by atoms with van der Waals surface area (Å²) < 4.78 is 1.66. The summed E-state index contributed by atoms with van der Waals surface area (Å²) in [4.78, 5) is 19.0. The van der Waals surface area contributed by atoms with E-state index < -0.39 is 0 Å². The first-order valence-corrected chi connectivity index (χ1v) is 7.23. The molecule has 0 spiro atoms. The molecule has 0 bridgehead atoms. The van der Waals surface area contributed by atoms with Gasteiger partial charge in [-0.3, -0.25) is 14.5 Å². The quantitative estimate of drug-likeness (QED) is 0.906. The van der Waals surface area contributed by atoms with Crippen molar-refractivity contribution in [3.63, 3.8) is 0 Å². The fourth-order valence-corrected chi connectivity index (χ4v) is 2.43. The zero-order chi connectivity index (χ0) is 14.8. The third-order valence-electron chi connectivity index (χ3n) is 3.68. The third kappa shape index (κ3) is 2.74. The average molecular weight is 285 g/mol. The first-order valence-electron chi connectivity index (χ1n) is 7.23. The van der Waals surface area contributed by atoms with E-state index in [0.717, 1.165) is 18.5 Å². The Hall–Kier alpha value is -2.37. The van der Waals surface area contributed by atoms with Gasteiger partial charge in [-0.15, -0.1) is 0 Å². The van der Waals surface area contributed by atoms with Gasteiger partial charge < -0.3 is 10.6 Å². The molecule has 21 heavy (non-hydrogen) atoms. The lowest BCUT2D eigenvalue weighted by molar-refractivity contribution is 0.0716. The number of rotatable bonds is 5. The molecule has 110 valence electrons. The normalized spacial score (nSPS) is 14.1. The van der Waals surface area contributed by atoms with Gasteiger partial charge >= 0.3 is 0 Å². The molecule has 0 atom stereocenters. The third-order valence-corrected chi connectivity index (χ3v) is 3.68. The average Bonchev–Trinajstić information content (AvgIpc) is 3.27. The van der Waals surface area contributed by atoms with Crippen molar-refractivity contribution >= 4 is 11.6 Å². The maximum Gasteiger partial charge on any atom is 0.274 e. The number of carbonyl (C=O) groups is 1. The Balaban J connectivity index is 1.87. The van der Waals surface area contributed by atoms with Crippen LogP contribution >= 0.6 is 0 Å². The van der Waals surface area contributed by atoms with Gasteiger partial charge in [0.25, 0.3) is 5.91 Å². The summed E-state index contributed by atoms with van der Waals surface area (Å²) in [5.74, 6) is -0.0556. The van der Waals surface area contributed by atoms with Gasteiger partial charge in [0, 0.05) is 18.8 Å². The molecular formula is C15H19N5O. The molecule has 1 aliphatic carbocycles. The van der Waals surface area contributed by atoms with Crippen LogP contribution in [0.3, 0.4) is 0 Å². The van der Waals surface area contributed by atoms with Crippen LogP contribution in [-0.2, 0) is 13.1 Å². The summed E-state index contributed by atoms with van der Waals surface area (Å²) in [5.41, 5.74) is 7.74. The number of hydrogen-bond donors (Lipinski definition) is 1. The van der Waals surface area contributed by atoms with Crippen LogP contribution in [0.2, 0.25) is 0 Å². The number of anilines is 1. The van der Waals surface area contributed by atoms with Crippen molar-refractivity contribution in [2.45, 2.75) is 38.9 Å². The molecule has 1 saturated carbocycles.